The molecule has 1 aliphatic heterocycles. The number of carbonyl (C=O) groups is 2. The van der Waals surface area contributed by atoms with Crippen molar-refractivity contribution in [3.05, 3.63) is 59.2 Å². The minimum Gasteiger partial charge on any atom is -0.493 e. The topological polar surface area (TPSA) is 104 Å². The summed E-state index contributed by atoms with van der Waals surface area (Å²) >= 11 is 0. The summed E-state index contributed by atoms with van der Waals surface area (Å²) in [7, 11) is 1.58. The second-order valence-electron chi connectivity index (χ2n) is 8.98. The first-order chi connectivity index (χ1) is 16.8. The number of fused-ring (bicyclic) bond motifs is 2. The molecule has 0 aliphatic carbocycles. The molecule has 1 aromatic carbocycles. The quantitative estimate of drug-likeness (QED) is 0.577. The van der Waals surface area contributed by atoms with E-state index in [4.69, 9.17) is 4.74 Å². The van der Waals surface area contributed by atoms with Gasteiger partial charge in [0, 0.05) is 45.0 Å². The van der Waals surface area contributed by atoms with E-state index in [1.54, 1.807) is 19.3 Å². The fraction of sp³-hybridized carbons (Fsp3) is 0.500. The molecule has 190 valence electrons. The first-order valence-electron chi connectivity index (χ1n) is 12.1. The number of carbonyl (C=O) groups excluding carboxylic acids is 2. The molecule has 35 heavy (non-hydrogen) atoms. The predicted octanol–water partition coefficient (Wildman–Crippen LogP) is 1.98. The maximum absolute atomic E-state index is 14.2. The van der Waals surface area contributed by atoms with Crippen molar-refractivity contribution in [1.29, 1.82) is 0 Å². The van der Waals surface area contributed by atoms with Gasteiger partial charge in [0.15, 0.2) is 0 Å². The molecule has 2 aromatic rings. The van der Waals surface area contributed by atoms with Gasteiger partial charge in [0.1, 0.15) is 11.6 Å². The lowest BCUT2D eigenvalue weighted by Gasteiger charge is -2.26. The molecule has 2 amide bonds. The Morgan fingerprint density at radius 2 is 2.03 bits per heavy atom. The third-order valence-electron chi connectivity index (χ3n) is 6.00. The van der Waals surface area contributed by atoms with E-state index in [2.05, 4.69) is 28.6 Å². The Hall–Kier alpha value is -3.04. The molecule has 2 heterocycles. The summed E-state index contributed by atoms with van der Waals surface area (Å²) in [5.74, 6) is -0.576. The highest BCUT2D eigenvalue weighted by molar-refractivity contribution is 5.84. The number of aliphatic hydroxyl groups excluding tert-OH is 1. The van der Waals surface area contributed by atoms with Crippen molar-refractivity contribution >= 4 is 11.8 Å². The van der Waals surface area contributed by atoms with Crippen LogP contribution in [0.25, 0.3) is 0 Å². The van der Waals surface area contributed by atoms with E-state index >= 15 is 0 Å². The molecular weight excluding hydrogens is 451 g/mol. The zero-order valence-corrected chi connectivity index (χ0v) is 20.4. The summed E-state index contributed by atoms with van der Waals surface area (Å²) in [6.45, 7) is 3.02. The number of pyridine rings is 1. The van der Waals surface area contributed by atoms with Gasteiger partial charge in [-0.2, -0.15) is 0 Å². The van der Waals surface area contributed by atoms with Crippen molar-refractivity contribution in [3.8, 4) is 5.75 Å². The number of aromatic nitrogens is 1. The number of halogens is 1. The maximum Gasteiger partial charge on any atom is 0.239 e. The number of aryl methyl sites for hydroxylation is 1. The van der Waals surface area contributed by atoms with Crippen molar-refractivity contribution in [1.82, 2.24) is 20.5 Å². The van der Waals surface area contributed by atoms with E-state index in [1.807, 2.05) is 6.20 Å². The van der Waals surface area contributed by atoms with Crippen molar-refractivity contribution in [2.45, 2.75) is 57.7 Å². The van der Waals surface area contributed by atoms with E-state index in [-0.39, 0.29) is 31.3 Å². The average Bonchev–Trinajstić information content (AvgIpc) is 2.82. The summed E-state index contributed by atoms with van der Waals surface area (Å²) < 4.78 is 19.9. The average molecular weight is 487 g/mol. The largest absolute Gasteiger partial charge is 0.493 e. The molecule has 0 fully saturated rings. The Morgan fingerprint density at radius 1 is 1.23 bits per heavy atom. The number of nitrogens with zero attached hydrogens (tertiary/aromatic N) is 2. The van der Waals surface area contributed by atoms with Crippen LogP contribution >= 0.6 is 0 Å². The number of ether oxygens (including phenoxy) is 1. The highest BCUT2D eigenvalue weighted by Gasteiger charge is 2.24. The van der Waals surface area contributed by atoms with Crippen LogP contribution in [0.3, 0.4) is 0 Å². The van der Waals surface area contributed by atoms with Crippen LogP contribution in [-0.4, -0.2) is 65.7 Å². The lowest BCUT2D eigenvalue weighted by molar-refractivity contribution is -0.135. The Bertz CT molecular complexity index is 1000. The number of benzene rings is 1. The van der Waals surface area contributed by atoms with Crippen molar-refractivity contribution in [3.63, 3.8) is 0 Å². The first-order valence-corrected chi connectivity index (χ1v) is 12.1. The number of rotatable bonds is 6. The summed E-state index contributed by atoms with van der Waals surface area (Å²) in [5, 5.41) is 17.0. The summed E-state index contributed by atoms with van der Waals surface area (Å²) in [6, 6.07) is 5.77. The molecule has 0 spiro atoms. The number of aliphatic hydroxyl groups is 1. The van der Waals surface area contributed by atoms with E-state index in [0.717, 1.165) is 17.5 Å². The van der Waals surface area contributed by atoms with Crippen LogP contribution < -0.4 is 15.4 Å². The maximum atomic E-state index is 14.2. The lowest BCUT2D eigenvalue weighted by Crippen LogP contribution is -2.51. The van der Waals surface area contributed by atoms with Crippen LogP contribution in [0.4, 0.5) is 4.39 Å². The monoisotopic (exact) mass is 486 g/mol. The van der Waals surface area contributed by atoms with Gasteiger partial charge in [-0.3, -0.25) is 14.6 Å². The number of amides is 2. The predicted molar refractivity (Wildman–Crippen MR) is 130 cm³/mol. The van der Waals surface area contributed by atoms with Gasteiger partial charge in [-0.15, -0.1) is 0 Å². The standard InChI is InChI=1S/C26H35FN4O4/c1-3-18-8-20(14-28-13-18)15-29-16-24(32)23-11-19-9-21(27)12-22(10-19)35-7-5-4-6-26(34)31(2)17-25(33)30-23/h8-10,12-14,23-24,29,32H,3-7,11,15-17H2,1-2H3,(H,30,33)/t23-,24+/m0/s1. The molecule has 3 N–H and O–H groups in total. The molecule has 1 aliphatic rings. The van der Waals surface area contributed by atoms with Gasteiger partial charge in [-0.1, -0.05) is 13.0 Å². The van der Waals surface area contributed by atoms with Crippen LogP contribution in [0.5, 0.6) is 5.75 Å². The smallest absolute Gasteiger partial charge is 0.239 e. The minimum absolute atomic E-state index is 0.115. The summed E-state index contributed by atoms with van der Waals surface area (Å²) in [6.07, 6.45) is 5.27. The SMILES string of the molecule is CCc1cncc(CNC[C@@H](O)[C@@H]2Cc3cc(F)cc(c3)OCCCCC(=O)N(C)CC(=O)N2)c1. The minimum atomic E-state index is -0.953. The molecule has 0 saturated carbocycles. The number of nitrogens with one attached hydrogen (secondary N) is 2. The van der Waals surface area contributed by atoms with Gasteiger partial charge >= 0.3 is 0 Å². The van der Waals surface area contributed by atoms with E-state index in [9.17, 15) is 19.1 Å². The van der Waals surface area contributed by atoms with Gasteiger partial charge in [0.05, 0.1) is 25.3 Å². The van der Waals surface area contributed by atoms with Crippen LogP contribution in [0.15, 0.2) is 36.7 Å². The molecule has 2 atom stereocenters. The van der Waals surface area contributed by atoms with Gasteiger partial charge in [0.25, 0.3) is 0 Å². The zero-order chi connectivity index (χ0) is 25.2. The molecule has 0 unspecified atom stereocenters. The number of hydrogen-bond donors (Lipinski definition) is 3. The highest BCUT2D eigenvalue weighted by atomic mass is 19.1. The van der Waals surface area contributed by atoms with E-state index in [1.165, 1.54) is 17.0 Å². The third kappa shape index (κ3) is 8.60. The fourth-order valence-corrected chi connectivity index (χ4v) is 4.01. The van der Waals surface area contributed by atoms with Crippen LogP contribution in [0, 0.1) is 5.82 Å². The number of likely N-dealkylation sites (N-methyl/N-ethyl adjacent to an activating group) is 1. The van der Waals surface area contributed by atoms with Crippen molar-refractivity contribution in [2.75, 3.05) is 26.7 Å². The van der Waals surface area contributed by atoms with Gasteiger partial charge in [0.2, 0.25) is 11.8 Å². The zero-order valence-electron chi connectivity index (χ0n) is 20.4. The molecule has 2 bridgehead atoms. The molecule has 1 aromatic heterocycles. The molecule has 0 saturated heterocycles. The molecule has 0 radical (unpaired) electrons. The van der Waals surface area contributed by atoms with Gasteiger partial charge in [-0.05, 0) is 54.5 Å². The van der Waals surface area contributed by atoms with Crippen LogP contribution in [0.1, 0.15) is 42.9 Å². The van der Waals surface area contributed by atoms with Crippen LogP contribution in [-0.2, 0) is 29.0 Å². The first kappa shape index (κ1) is 26.6. The third-order valence-corrected chi connectivity index (χ3v) is 6.00. The normalized spacial score (nSPS) is 18.7. The second-order valence-corrected chi connectivity index (χ2v) is 8.98. The number of hydrogen-bond acceptors (Lipinski definition) is 6. The second kappa shape index (κ2) is 13.2. The molecule has 3 rings (SSSR count). The lowest BCUT2D eigenvalue weighted by atomic mass is 10.00. The van der Waals surface area contributed by atoms with Gasteiger partial charge < -0.3 is 25.4 Å². The Balaban J connectivity index is 1.72. The van der Waals surface area contributed by atoms with Gasteiger partial charge in [-0.25, -0.2) is 4.39 Å². The van der Waals surface area contributed by atoms with E-state index in [0.29, 0.717) is 43.7 Å². The fourth-order valence-electron chi connectivity index (χ4n) is 4.01. The summed E-state index contributed by atoms with van der Waals surface area (Å²) in [5.41, 5.74) is 2.72. The molecular formula is C26H35FN4O4. The Labute approximate surface area is 205 Å². The molecule has 9 heteroatoms. The highest BCUT2D eigenvalue weighted by Crippen LogP contribution is 2.19. The Kier molecular flexibility index (Phi) is 9.98. The Morgan fingerprint density at radius 3 is 2.83 bits per heavy atom. The molecule has 8 nitrogen and oxygen atoms in total. The van der Waals surface area contributed by atoms with Crippen molar-refractivity contribution in [2.24, 2.45) is 0 Å². The van der Waals surface area contributed by atoms with Crippen molar-refractivity contribution < 1.29 is 23.8 Å². The summed E-state index contributed by atoms with van der Waals surface area (Å²) in [4.78, 5) is 30.6. The van der Waals surface area contributed by atoms with E-state index < -0.39 is 18.0 Å². The van der Waals surface area contributed by atoms with Crippen LogP contribution in [0.2, 0.25) is 0 Å².